The Morgan fingerprint density at radius 1 is 1.41 bits per heavy atom. The molecule has 1 aromatic heterocycles. The van der Waals surface area contributed by atoms with E-state index < -0.39 is 23.3 Å². The maximum Gasteiger partial charge on any atom is 0.417 e. The molecule has 1 saturated carbocycles. The lowest BCUT2D eigenvalue weighted by atomic mass is 9.58. The average Bonchev–Trinajstić information content (AvgIpc) is 2.49. The number of anilines is 2. The second-order valence-corrected chi connectivity index (χ2v) is 7.97. The number of hydrogen-bond acceptors (Lipinski definition) is 5. The highest BCUT2D eigenvalue weighted by Gasteiger charge is 2.55. The van der Waals surface area contributed by atoms with Gasteiger partial charge < -0.3 is 14.9 Å². The molecule has 9 heteroatoms. The van der Waals surface area contributed by atoms with Crippen LogP contribution in [0.3, 0.4) is 0 Å². The maximum absolute atomic E-state index is 13.6. The van der Waals surface area contributed by atoms with Crippen molar-refractivity contribution in [3.8, 4) is 6.07 Å². The minimum absolute atomic E-state index is 0.0478. The monoisotopic (exact) mass is 380 g/mol. The zero-order valence-corrected chi connectivity index (χ0v) is 14.8. The third kappa shape index (κ3) is 2.78. The second kappa shape index (κ2) is 5.75. The van der Waals surface area contributed by atoms with Crippen LogP contribution >= 0.6 is 0 Å². The lowest BCUT2D eigenvalue weighted by molar-refractivity contribution is -0.151. The molecule has 3 fully saturated rings. The molecule has 1 atom stereocenters. The predicted octanol–water partition coefficient (Wildman–Crippen LogP) is 2.87. The van der Waals surface area contributed by atoms with Crippen LogP contribution in [0.4, 0.5) is 24.8 Å². The summed E-state index contributed by atoms with van der Waals surface area (Å²) < 4.78 is 40.7. The molecule has 1 aromatic rings. The molecule has 144 valence electrons. The van der Waals surface area contributed by atoms with Crippen LogP contribution in [0.25, 0.3) is 0 Å². The number of pyridine rings is 1. The van der Waals surface area contributed by atoms with Gasteiger partial charge in [0.25, 0.3) is 0 Å². The summed E-state index contributed by atoms with van der Waals surface area (Å²) in [6.45, 7) is 3.48. The van der Waals surface area contributed by atoms with Crippen molar-refractivity contribution in [2.75, 3.05) is 29.4 Å². The topological polar surface area (TPSA) is 80.5 Å². The highest BCUT2D eigenvalue weighted by molar-refractivity contribution is 5.72. The summed E-state index contributed by atoms with van der Waals surface area (Å²) in [5, 5.41) is 18.4. The number of carboxylic acids is 1. The van der Waals surface area contributed by atoms with Gasteiger partial charge in [-0.1, -0.05) is 0 Å². The van der Waals surface area contributed by atoms with E-state index in [1.807, 2.05) is 6.92 Å². The van der Waals surface area contributed by atoms with Gasteiger partial charge in [0.1, 0.15) is 23.3 Å². The van der Waals surface area contributed by atoms with E-state index in [-0.39, 0.29) is 29.0 Å². The molecule has 2 saturated heterocycles. The van der Waals surface area contributed by atoms with Gasteiger partial charge in [-0.3, -0.25) is 4.79 Å². The highest BCUT2D eigenvalue weighted by atomic mass is 19.4. The SMILES string of the molecule is CC1CCN1c1nc(N2CC3(CC(C(=O)O)C3)C2)cc(C(F)(F)F)c1C#N. The van der Waals surface area contributed by atoms with Crippen LogP contribution in [0, 0.1) is 22.7 Å². The molecule has 1 spiro atoms. The standard InChI is InChI=1S/C18H19F3N4O2/c1-10-2-3-25(10)15-12(7-22)13(18(19,20)21)4-14(23-15)24-8-17(9-24)5-11(6-17)16(26)27/h4,10-11H,2-3,5-6,8-9H2,1H3,(H,26,27). The summed E-state index contributed by atoms with van der Waals surface area (Å²) in [6, 6.07) is 2.69. The Balaban J connectivity index is 1.63. The normalized spacial score (nSPS) is 24.0. The first-order chi connectivity index (χ1) is 12.6. The van der Waals surface area contributed by atoms with Crippen molar-refractivity contribution in [1.29, 1.82) is 5.26 Å². The summed E-state index contributed by atoms with van der Waals surface area (Å²) in [7, 11) is 0. The number of carbonyl (C=O) groups is 1. The summed E-state index contributed by atoms with van der Waals surface area (Å²) in [4.78, 5) is 18.9. The number of hydrogen-bond donors (Lipinski definition) is 1. The van der Waals surface area contributed by atoms with Gasteiger partial charge in [0.15, 0.2) is 0 Å². The Kier molecular flexibility index (Phi) is 3.81. The average molecular weight is 380 g/mol. The van der Waals surface area contributed by atoms with Crippen LogP contribution < -0.4 is 9.80 Å². The van der Waals surface area contributed by atoms with Gasteiger partial charge in [0.05, 0.1) is 11.5 Å². The number of nitriles is 1. The van der Waals surface area contributed by atoms with Gasteiger partial charge in [-0.05, 0) is 32.3 Å². The molecule has 3 heterocycles. The fourth-order valence-corrected chi connectivity index (χ4v) is 4.40. The third-order valence-corrected chi connectivity index (χ3v) is 6.08. The zero-order valence-electron chi connectivity index (χ0n) is 14.8. The first kappa shape index (κ1) is 17.9. The molecular weight excluding hydrogens is 361 g/mol. The quantitative estimate of drug-likeness (QED) is 0.869. The molecule has 2 aliphatic heterocycles. The van der Waals surface area contributed by atoms with Crippen LogP contribution in [0.5, 0.6) is 0 Å². The van der Waals surface area contributed by atoms with Crippen LogP contribution in [-0.2, 0) is 11.0 Å². The van der Waals surface area contributed by atoms with Crippen molar-refractivity contribution < 1.29 is 23.1 Å². The molecule has 0 amide bonds. The first-order valence-electron chi connectivity index (χ1n) is 8.90. The van der Waals surface area contributed by atoms with Crippen molar-refractivity contribution >= 4 is 17.6 Å². The Hall–Kier alpha value is -2.50. The van der Waals surface area contributed by atoms with Gasteiger partial charge in [0.2, 0.25) is 0 Å². The molecule has 27 heavy (non-hydrogen) atoms. The van der Waals surface area contributed by atoms with Gasteiger partial charge in [-0.25, -0.2) is 4.98 Å². The number of rotatable bonds is 3. The lowest BCUT2D eigenvalue weighted by Gasteiger charge is -2.58. The molecule has 1 N–H and O–H groups in total. The van der Waals surface area contributed by atoms with Crippen LogP contribution in [0.1, 0.15) is 37.3 Å². The number of halogens is 3. The largest absolute Gasteiger partial charge is 0.481 e. The molecule has 1 aliphatic carbocycles. The van der Waals surface area contributed by atoms with Crippen LogP contribution in [0.15, 0.2) is 6.07 Å². The molecule has 1 unspecified atom stereocenters. The van der Waals surface area contributed by atoms with Crippen molar-refractivity contribution in [3.63, 3.8) is 0 Å². The number of aliphatic carboxylic acids is 1. The maximum atomic E-state index is 13.6. The van der Waals surface area contributed by atoms with E-state index in [0.717, 1.165) is 12.5 Å². The molecule has 0 aromatic carbocycles. The minimum Gasteiger partial charge on any atom is -0.481 e. The Bertz CT molecular complexity index is 834. The zero-order chi connectivity index (χ0) is 19.6. The molecule has 4 rings (SSSR count). The third-order valence-electron chi connectivity index (χ3n) is 6.08. The van der Waals surface area contributed by atoms with E-state index in [0.29, 0.717) is 32.5 Å². The molecule has 0 radical (unpaired) electrons. The Morgan fingerprint density at radius 3 is 2.52 bits per heavy atom. The van der Waals surface area contributed by atoms with Crippen molar-refractivity contribution in [1.82, 2.24) is 4.98 Å². The minimum atomic E-state index is -4.64. The highest BCUT2D eigenvalue weighted by Crippen LogP contribution is 2.53. The Labute approximate surface area is 154 Å². The summed E-state index contributed by atoms with van der Waals surface area (Å²) >= 11 is 0. The number of carboxylic acid groups (broad SMARTS) is 1. The first-order valence-corrected chi connectivity index (χ1v) is 8.90. The van der Waals surface area contributed by atoms with E-state index in [4.69, 9.17) is 5.11 Å². The van der Waals surface area contributed by atoms with E-state index in [9.17, 15) is 23.2 Å². The number of alkyl halides is 3. The summed E-state index contributed by atoms with van der Waals surface area (Å²) in [6.07, 6.45) is -2.69. The summed E-state index contributed by atoms with van der Waals surface area (Å²) in [5.74, 6) is -0.868. The van der Waals surface area contributed by atoms with E-state index >= 15 is 0 Å². The summed E-state index contributed by atoms with van der Waals surface area (Å²) in [5.41, 5.74) is -1.51. The van der Waals surface area contributed by atoms with Crippen LogP contribution in [-0.4, -0.2) is 41.7 Å². The number of nitrogens with zero attached hydrogens (tertiary/aromatic N) is 4. The van der Waals surface area contributed by atoms with Gasteiger partial charge >= 0.3 is 12.1 Å². The van der Waals surface area contributed by atoms with E-state index in [1.54, 1.807) is 15.9 Å². The van der Waals surface area contributed by atoms with E-state index in [2.05, 4.69) is 4.98 Å². The molecular formula is C18H19F3N4O2. The number of aromatic nitrogens is 1. The van der Waals surface area contributed by atoms with Crippen LogP contribution in [0.2, 0.25) is 0 Å². The van der Waals surface area contributed by atoms with Gasteiger partial charge in [-0.2, -0.15) is 18.4 Å². The van der Waals surface area contributed by atoms with Crippen molar-refractivity contribution in [2.45, 2.75) is 38.4 Å². The molecule has 3 aliphatic rings. The van der Waals surface area contributed by atoms with E-state index in [1.165, 1.54) is 0 Å². The lowest BCUT2D eigenvalue weighted by Crippen LogP contribution is -2.63. The predicted molar refractivity (Wildman–Crippen MR) is 90.4 cm³/mol. The van der Waals surface area contributed by atoms with Gasteiger partial charge in [0, 0.05) is 31.1 Å². The smallest absolute Gasteiger partial charge is 0.417 e. The molecule has 6 nitrogen and oxygen atoms in total. The molecule has 0 bridgehead atoms. The van der Waals surface area contributed by atoms with Crippen molar-refractivity contribution in [3.05, 3.63) is 17.2 Å². The van der Waals surface area contributed by atoms with Gasteiger partial charge in [-0.15, -0.1) is 0 Å². The van der Waals surface area contributed by atoms with Crippen molar-refractivity contribution in [2.24, 2.45) is 11.3 Å². The Morgan fingerprint density at radius 2 is 2.07 bits per heavy atom. The fraction of sp³-hybridized carbons (Fsp3) is 0.611. The second-order valence-electron chi connectivity index (χ2n) is 7.97. The fourth-order valence-electron chi connectivity index (χ4n) is 4.40.